The van der Waals surface area contributed by atoms with Crippen LogP contribution in [0.2, 0.25) is 0 Å². The number of nitrogens with zero attached hydrogens (tertiary/aromatic N) is 5. The molecule has 3 heterocycles. The molecule has 2 aromatic carbocycles. The van der Waals surface area contributed by atoms with E-state index in [1.807, 2.05) is 22.6 Å². The van der Waals surface area contributed by atoms with E-state index >= 15 is 0 Å². The third-order valence-corrected chi connectivity index (χ3v) is 7.17. The summed E-state index contributed by atoms with van der Waals surface area (Å²) in [4.78, 5) is 27.9. The van der Waals surface area contributed by atoms with E-state index in [9.17, 15) is 9.59 Å². The second-order valence-corrected chi connectivity index (χ2v) is 9.65. The van der Waals surface area contributed by atoms with Gasteiger partial charge in [0.15, 0.2) is 5.16 Å². The lowest BCUT2D eigenvalue weighted by Gasteiger charge is -2.14. The molecular formula is C26H28N6O2S. The lowest BCUT2D eigenvalue weighted by atomic mass is 10.1. The average molecular weight is 489 g/mol. The van der Waals surface area contributed by atoms with Crippen molar-refractivity contribution in [1.29, 1.82) is 0 Å². The Hall–Kier alpha value is -3.43. The molecule has 9 heteroatoms. The number of para-hydroxylation sites is 1. The fraction of sp³-hybridized carbons (Fsp3) is 0.308. The zero-order valence-electron chi connectivity index (χ0n) is 19.5. The Morgan fingerprint density at radius 3 is 2.57 bits per heavy atom. The Kier molecular flexibility index (Phi) is 6.96. The molecule has 8 nitrogen and oxygen atoms in total. The maximum Gasteiger partial charge on any atom is 0.263 e. The highest BCUT2D eigenvalue weighted by molar-refractivity contribution is 7.99. The van der Waals surface area contributed by atoms with Crippen LogP contribution in [0.1, 0.15) is 24.0 Å². The fourth-order valence-electron chi connectivity index (χ4n) is 4.46. The number of fused-ring (bicyclic) bond motifs is 3. The molecule has 1 aliphatic rings. The molecule has 1 N–H and O–H groups in total. The van der Waals surface area contributed by atoms with Crippen molar-refractivity contribution in [2.75, 3.05) is 18.8 Å². The molecule has 2 aromatic heterocycles. The lowest BCUT2D eigenvalue weighted by Crippen LogP contribution is -2.25. The highest BCUT2D eigenvalue weighted by Crippen LogP contribution is 2.21. The number of carbonyl (C=O) groups is 1. The summed E-state index contributed by atoms with van der Waals surface area (Å²) < 4.78 is 3.37. The average Bonchev–Trinajstić information content (AvgIpc) is 3.55. The maximum atomic E-state index is 12.9. The Morgan fingerprint density at radius 2 is 1.80 bits per heavy atom. The Bertz CT molecular complexity index is 1420. The summed E-state index contributed by atoms with van der Waals surface area (Å²) in [5, 5.41) is 12.6. The quantitative estimate of drug-likeness (QED) is 0.288. The van der Waals surface area contributed by atoms with Gasteiger partial charge in [0.2, 0.25) is 11.7 Å². The van der Waals surface area contributed by atoms with E-state index < -0.39 is 0 Å². The Morgan fingerprint density at radius 1 is 1.06 bits per heavy atom. The van der Waals surface area contributed by atoms with Gasteiger partial charge in [-0.05, 0) is 49.2 Å². The zero-order valence-corrected chi connectivity index (χ0v) is 20.3. The molecule has 1 saturated heterocycles. The number of thioether (sulfide) groups is 1. The fourth-order valence-corrected chi connectivity index (χ4v) is 5.23. The number of nitrogens with one attached hydrogen (secondary N) is 1. The van der Waals surface area contributed by atoms with Gasteiger partial charge in [0.1, 0.15) is 0 Å². The minimum Gasteiger partial charge on any atom is -0.351 e. The topological polar surface area (TPSA) is 84.5 Å². The van der Waals surface area contributed by atoms with Crippen LogP contribution >= 0.6 is 11.8 Å². The first-order valence-electron chi connectivity index (χ1n) is 11.8. The molecule has 0 bridgehead atoms. The van der Waals surface area contributed by atoms with Crippen molar-refractivity contribution in [3.05, 3.63) is 82.7 Å². The van der Waals surface area contributed by atoms with Gasteiger partial charge in [0, 0.05) is 19.6 Å². The van der Waals surface area contributed by atoms with Crippen molar-refractivity contribution in [1.82, 2.24) is 29.4 Å². The number of likely N-dealkylation sites (tertiary alicyclic amines) is 1. The maximum absolute atomic E-state index is 12.9. The first-order chi connectivity index (χ1) is 17.1. The lowest BCUT2D eigenvalue weighted by molar-refractivity contribution is -0.118. The van der Waals surface area contributed by atoms with Crippen LogP contribution in [0.5, 0.6) is 0 Å². The summed E-state index contributed by atoms with van der Waals surface area (Å²) in [5.74, 6) is 0.546. The molecule has 5 rings (SSSR count). The monoisotopic (exact) mass is 488 g/mol. The molecule has 180 valence electrons. The predicted octanol–water partition coefficient (Wildman–Crippen LogP) is 3.23. The molecular weight excluding hydrogens is 460 g/mol. The third kappa shape index (κ3) is 5.01. The van der Waals surface area contributed by atoms with Crippen LogP contribution in [0, 0.1) is 0 Å². The highest BCUT2D eigenvalue weighted by Gasteiger charge is 2.17. The van der Waals surface area contributed by atoms with Crippen molar-refractivity contribution in [3.63, 3.8) is 0 Å². The summed E-state index contributed by atoms with van der Waals surface area (Å²) in [7, 11) is 0. The zero-order chi connectivity index (χ0) is 24.2. The van der Waals surface area contributed by atoms with E-state index in [0.717, 1.165) is 17.6 Å². The van der Waals surface area contributed by atoms with Gasteiger partial charge in [-0.15, -0.1) is 16.8 Å². The summed E-state index contributed by atoms with van der Waals surface area (Å²) in [6.45, 7) is 7.90. The van der Waals surface area contributed by atoms with Crippen LogP contribution in [-0.4, -0.2) is 48.8 Å². The van der Waals surface area contributed by atoms with Gasteiger partial charge in [-0.25, -0.2) is 0 Å². The van der Waals surface area contributed by atoms with Gasteiger partial charge in [-0.2, -0.15) is 0 Å². The Balaban J connectivity index is 1.24. The summed E-state index contributed by atoms with van der Waals surface area (Å²) >= 11 is 1.30. The van der Waals surface area contributed by atoms with E-state index in [2.05, 4.69) is 51.3 Å². The number of hydrogen-bond acceptors (Lipinski definition) is 6. The normalized spacial score (nSPS) is 14.1. The van der Waals surface area contributed by atoms with Crippen LogP contribution in [0.15, 0.2) is 71.1 Å². The minimum atomic E-state index is -0.138. The van der Waals surface area contributed by atoms with E-state index in [0.29, 0.717) is 29.4 Å². The van der Waals surface area contributed by atoms with Crippen molar-refractivity contribution in [3.8, 4) is 0 Å². The number of benzene rings is 2. The van der Waals surface area contributed by atoms with E-state index in [-0.39, 0.29) is 17.2 Å². The number of hydrogen-bond donors (Lipinski definition) is 1. The van der Waals surface area contributed by atoms with Crippen LogP contribution < -0.4 is 10.9 Å². The smallest absolute Gasteiger partial charge is 0.263 e. The number of allylic oxidation sites excluding steroid dienone is 1. The number of carbonyl (C=O) groups excluding carboxylic acids is 1. The van der Waals surface area contributed by atoms with Crippen molar-refractivity contribution < 1.29 is 4.79 Å². The first kappa shape index (κ1) is 23.3. The van der Waals surface area contributed by atoms with Gasteiger partial charge in [-0.1, -0.05) is 54.2 Å². The first-order valence-corrected chi connectivity index (χ1v) is 12.8. The van der Waals surface area contributed by atoms with Gasteiger partial charge < -0.3 is 5.32 Å². The van der Waals surface area contributed by atoms with Crippen LogP contribution in [0.4, 0.5) is 0 Å². The standard InChI is InChI=1S/C26H28N6O2S/c1-2-13-31-24(34)21-7-3-4-8-22(21)32-25(31)28-29-26(32)35-18-23(33)27-16-19-9-11-20(12-10-19)17-30-14-5-6-15-30/h2-4,7-12H,1,5-6,13-18H2,(H,27,33). The number of rotatable bonds is 9. The molecule has 0 atom stereocenters. The van der Waals surface area contributed by atoms with Gasteiger partial charge >= 0.3 is 0 Å². The molecule has 1 aliphatic heterocycles. The number of aromatic nitrogens is 4. The predicted molar refractivity (Wildman–Crippen MR) is 138 cm³/mol. The second-order valence-electron chi connectivity index (χ2n) is 8.70. The summed E-state index contributed by atoms with van der Waals surface area (Å²) in [6, 6.07) is 15.8. The third-order valence-electron chi connectivity index (χ3n) is 6.24. The molecule has 0 radical (unpaired) electrons. The van der Waals surface area contributed by atoms with Gasteiger partial charge in [-0.3, -0.25) is 23.5 Å². The molecule has 0 spiro atoms. The SMILES string of the molecule is C=CCn1c(=O)c2ccccc2n2c(SCC(=O)NCc3ccc(CN4CCCC4)cc3)nnc12. The largest absolute Gasteiger partial charge is 0.351 e. The van der Waals surface area contributed by atoms with E-state index in [1.54, 1.807) is 16.7 Å². The molecule has 1 amide bonds. The van der Waals surface area contributed by atoms with Gasteiger partial charge in [0.05, 0.1) is 16.7 Å². The van der Waals surface area contributed by atoms with Crippen LogP contribution in [0.3, 0.4) is 0 Å². The Labute approximate surface area is 207 Å². The molecule has 4 aromatic rings. The van der Waals surface area contributed by atoms with Gasteiger partial charge in [0.25, 0.3) is 5.56 Å². The second kappa shape index (κ2) is 10.5. The summed E-state index contributed by atoms with van der Waals surface area (Å²) in [5.41, 5.74) is 2.95. The molecule has 35 heavy (non-hydrogen) atoms. The van der Waals surface area contributed by atoms with Crippen LogP contribution in [-0.2, 0) is 24.4 Å². The van der Waals surface area contributed by atoms with E-state index in [4.69, 9.17) is 0 Å². The molecule has 0 unspecified atom stereocenters. The molecule has 1 fully saturated rings. The van der Waals surface area contributed by atoms with Crippen molar-refractivity contribution in [2.45, 2.75) is 37.6 Å². The number of amides is 1. The minimum absolute atomic E-state index is 0.0865. The van der Waals surface area contributed by atoms with Crippen molar-refractivity contribution in [2.24, 2.45) is 0 Å². The van der Waals surface area contributed by atoms with E-state index in [1.165, 1.54) is 43.3 Å². The van der Waals surface area contributed by atoms with Crippen molar-refractivity contribution >= 4 is 34.3 Å². The van der Waals surface area contributed by atoms with Crippen LogP contribution in [0.25, 0.3) is 16.7 Å². The molecule has 0 saturated carbocycles. The summed E-state index contributed by atoms with van der Waals surface area (Å²) in [6.07, 6.45) is 4.24. The molecule has 0 aliphatic carbocycles. The highest BCUT2D eigenvalue weighted by atomic mass is 32.2.